The van der Waals surface area contributed by atoms with Crippen LogP contribution in [0.3, 0.4) is 0 Å². The number of carbonyl (C=O) groups is 1. The maximum atomic E-state index is 12.9. The number of rotatable bonds is 6. The number of benzene rings is 1. The average Bonchev–Trinajstić information content (AvgIpc) is 3.38. The summed E-state index contributed by atoms with van der Waals surface area (Å²) in [5.41, 5.74) is 2.73. The molecule has 0 radical (unpaired) electrons. The number of hydrogen-bond donors (Lipinski definition) is 3. The van der Waals surface area contributed by atoms with Crippen LogP contribution in [0.5, 0.6) is 5.75 Å². The van der Waals surface area contributed by atoms with E-state index in [9.17, 15) is 4.79 Å². The summed E-state index contributed by atoms with van der Waals surface area (Å²) in [4.78, 5) is 19.3. The fourth-order valence-electron chi connectivity index (χ4n) is 3.38. The number of anilines is 3. The SMILES string of the molecule is CNc1nc(N2CCC(Nc3cccc(OC)c3)C2=O)ccc1-c1cn[nH]c1. The molecule has 1 saturated heterocycles. The lowest BCUT2D eigenvalue weighted by Crippen LogP contribution is -2.34. The van der Waals surface area contributed by atoms with Crippen molar-refractivity contribution in [3.05, 3.63) is 48.8 Å². The van der Waals surface area contributed by atoms with Crippen LogP contribution in [0.25, 0.3) is 11.1 Å². The Bertz CT molecular complexity index is 973. The van der Waals surface area contributed by atoms with E-state index in [0.717, 1.165) is 22.6 Å². The molecule has 1 aliphatic heterocycles. The van der Waals surface area contributed by atoms with Crippen LogP contribution >= 0.6 is 0 Å². The number of carbonyl (C=O) groups excluding carboxylic acids is 1. The first kappa shape index (κ1) is 17.8. The third-order valence-corrected chi connectivity index (χ3v) is 4.82. The molecule has 0 aliphatic carbocycles. The van der Waals surface area contributed by atoms with E-state index < -0.39 is 0 Å². The minimum Gasteiger partial charge on any atom is -0.497 e. The van der Waals surface area contributed by atoms with Crippen molar-refractivity contribution in [2.75, 3.05) is 36.2 Å². The summed E-state index contributed by atoms with van der Waals surface area (Å²) in [6.45, 7) is 0.613. The van der Waals surface area contributed by atoms with Crippen molar-refractivity contribution in [1.82, 2.24) is 15.2 Å². The molecule has 28 heavy (non-hydrogen) atoms. The third kappa shape index (κ3) is 3.36. The molecule has 3 aromatic rings. The first-order valence-corrected chi connectivity index (χ1v) is 9.09. The van der Waals surface area contributed by atoms with E-state index >= 15 is 0 Å². The first-order valence-electron chi connectivity index (χ1n) is 9.09. The molecule has 8 heteroatoms. The number of aromatic nitrogens is 3. The van der Waals surface area contributed by atoms with E-state index in [0.29, 0.717) is 24.6 Å². The minimum absolute atomic E-state index is 0.00781. The summed E-state index contributed by atoms with van der Waals surface area (Å²) < 4.78 is 5.24. The molecule has 1 atom stereocenters. The van der Waals surface area contributed by atoms with Crippen LogP contribution in [0.15, 0.2) is 48.8 Å². The lowest BCUT2D eigenvalue weighted by Gasteiger charge is -2.18. The zero-order chi connectivity index (χ0) is 19.5. The van der Waals surface area contributed by atoms with Crippen LogP contribution < -0.4 is 20.3 Å². The standard InChI is InChI=1S/C20H22N6O2/c1-21-19-16(13-11-22-23-12-13)6-7-18(25-19)26-9-8-17(20(26)27)24-14-4-3-5-15(10-14)28-2/h3-7,10-12,17,24H,8-9H2,1-2H3,(H,21,25)(H,22,23). The molecule has 4 rings (SSSR count). The highest BCUT2D eigenvalue weighted by atomic mass is 16.5. The largest absolute Gasteiger partial charge is 0.497 e. The molecule has 2 aromatic heterocycles. The number of nitrogens with zero attached hydrogens (tertiary/aromatic N) is 3. The number of aromatic amines is 1. The molecule has 0 saturated carbocycles. The molecule has 1 unspecified atom stereocenters. The molecule has 1 aliphatic rings. The van der Waals surface area contributed by atoms with Gasteiger partial charge in [0.1, 0.15) is 23.4 Å². The van der Waals surface area contributed by atoms with Gasteiger partial charge in [0.15, 0.2) is 0 Å². The Morgan fingerprint density at radius 2 is 2.18 bits per heavy atom. The predicted molar refractivity (Wildman–Crippen MR) is 109 cm³/mol. The third-order valence-electron chi connectivity index (χ3n) is 4.82. The van der Waals surface area contributed by atoms with Gasteiger partial charge in [0.2, 0.25) is 0 Å². The van der Waals surface area contributed by atoms with Gasteiger partial charge in [-0.3, -0.25) is 14.8 Å². The Balaban J connectivity index is 1.53. The highest BCUT2D eigenvalue weighted by molar-refractivity contribution is 6.00. The summed E-state index contributed by atoms with van der Waals surface area (Å²) in [5, 5.41) is 13.2. The molecule has 1 amide bonds. The van der Waals surface area contributed by atoms with Crippen molar-refractivity contribution in [3.63, 3.8) is 0 Å². The monoisotopic (exact) mass is 378 g/mol. The second kappa shape index (κ2) is 7.59. The van der Waals surface area contributed by atoms with Crippen molar-refractivity contribution in [3.8, 4) is 16.9 Å². The normalized spacial score (nSPS) is 16.3. The first-order chi connectivity index (χ1) is 13.7. The highest BCUT2D eigenvalue weighted by Gasteiger charge is 2.33. The Morgan fingerprint density at radius 1 is 1.29 bits per heavy atom. The molecule has 1 aromatic carbocycles. The molecule has 1 fully saturated rings. The zero-order valence-electron chi connectivity index (χ0n) is 15.8. The Hall–Kier alpha value is -3.55. The molecule has 0 spiro atoms. The number of amides is 1. The smallest absolute Gasteiger partial charge is 0.250 e. The van der Waals surface area contributed by atoms with Crippen molar-refractivity contribution >= 4 is 23.2 Å². The molecule has 3 N–H and O–H groups in total. The van der Waals surface area contributed by atoms with Crippen molar-refractivity contribution < 1.29 is 9.53 Å². The lowest BCUT2D eigenvalue weighted by molar-refractivity contribution is -0.117. The molecular formula is C20H22N6O2. The average molecular weight is 378 g/mol. The number of pyridine rings is 1. The van der Waals surface area contributed by atoms with Crippen LogP contribution in [-0.4, -0.2) is 47.8 Å². The fraction of sp³-hybridized carbons (Fsp3) is 0.250. The molecule has 0 bridgehead atoms. The summed E-state index contributed by atoms with van der Waals surface area (Å²) >= 11 is 0. The van der Waals surface area contributed by atoms with E-state index in [-0.39, 0.29) is 11.9 Å². The molecule has 144 valence electrons. The van der Waals surface area contributed by atoms with E-state index in [1.165, 1.54) is 0 Å². The van der Waals surface area contributed by atoms with E-state index in [1.807, 2.05) is 49.6 Å². The Kier molecular flexibility index (Phi) is 4.84. The van der Waals surface area contributed by atoms with E-state index in [2.05, 4.69) is 25.8 Å². The quantitative estimate of drug-likeness (QED) is 0.610. The van der Waals surface area contributed by atoms with Crippen LogP contribution in [0.1, 0.15) is 6.42 Å². The number of methoxy groups -OCH3 is 1. The van der Waals surface area contributed by atoms with Gasteiger partial charge in [-0.15, -0.1) is 0 Å². The number of ether oxygens (including phenoxy) is 1. The second-order valence-electron chi connectivity index (χ2n) is 6.51. The summed E-state index contributed by atoms with van der Waals surface area (Å²) in [6, 6.07) is 11.1. The summed E-state index contributed by atoms with van der Waals surface area (Å²) in [6.07, 6.45) is 4.26. The Morgan fingerprint density at radius 3 is 2.93 bits per heavy atom. The van der Waals surface area contributed by atoms with Gasteiger partial charge < -0.3 is 15.4 Å². The van der Waals surface area contributed by atoms with Crippen molar-refractivity contribution in [2.24, 2.45) is 0 Å². The molecular weight excluding hydrogens is 356 g/mol. The van der Waals surface area contributed by atoms with E-state index in [1.54, 1.807) is 18.2 Å². The van der Waals surface area contributed by atoms with Gasteiger partial charge in [-0.05, 0) is 30.7 Å². The van der Waals surface area contributed by atoms with Crippen LogP contribution in [0.2, 0.25) is 0 Å². The van der Waals surface area contributed by atoms with Gasteiger partial charge >= 0.3 is 0 Å². The highest BCUT2D eigenvalue weighted by Crippen LogP contribution is 2.30. The topological polar surface area (TPSA) is 95.2 Å². The zero-order valence-corrected chi connectivity index (χ0v) is 15.8. The van der Waals surface area contributed by atoms with E-state index in [4.69, 9.17) is 4.74 Å². The molecule has 8 nitrogen and oxygen atoms in total. The fourth-order valence-corrected chi connectivity index (χ4v) is 3.38. The maximum absolute atomic E-state index is 12.9. The maximum Gasteiger partial charge on any atom is 0.250 e. The van der Waals surface area contributed by atoms with Gasteiger partial charge in [-0.1, -0.05) is 6.07 Å². The van der Waals surface area contributed by atoms with Gasteiger partial charge in [-0.2, -0.15) is 5.10 Å². The molecule has 3 heterocycles. The van der Waals surface area contributed by atoms with Gasteiger partial charge in [-0.25, -0.2) is 4.98 Å². The van der Waals surface area contributed by atoms with Gasteiger partial charge in [0, 0.05) is 42.7 Å². The lowest BCUT2D eigenvalue weighted by atomic mass is 10.1. The van der Waals surface area contributed by atoms with Crippen molar-refractivity contribution in [1.29, 1.82) is 0 Å². The van der Waals surface area contributed by atoms with Gasteiger partial charge in [0.25, 0.3) is 5.91 Å². The Labute approximate surface area is 162 Å². The number of H-pyrrole nitrogens is 1. The van der Waals surface area contributed by atoms with Crippen LogP contribution in [-0.2, 0) is 4.79 Å². The summed E-state index contributed by atoms with van der Waals surface area (Å²) in [7, 11) is 3.44. The summed E-state index contributed by atoms with van der Waals surface area (Å²) in [5.74, 6) is 2.10. The number of nitrogens with one attached hydrogen (secondary N) is 3. The van der Waals surface area contributed by atoms with Gasteiger partial charge in [0.05, 0.1) is 13.3 Å². The predicted octanol–water partition coefficient (Wildman–Crippen LogP) is 2.74. The minimum atomic E-state index is -0.291. The second-order valence-corrected chi connectivity index (χ2v) is 6.51. The number of hydrogen-bond acceptors (Lipinski definition) is 6. The van der Waals surface area contributed by atoms with Crippen molar-refractivity contribution in [2.45, 2.75) is 12.5 Å². The van der Waals surface area contributed by atoms with Crippen LogP contribution in [0, 0.1) is 0 Å². The van der Waals surface area contributed by atoms with Crippen LogP contribution in [0.4, 0.5) is 17.3 Å².